The van der Waals surface area contributed by atoms with E-state index in [1.165, 1.54) is 0 Å². The highest BCUT2D eigenvalue weighted by Gasteiger charge is 2.26. The molecule has 0 radical (unpaired) electrons. The lowest BCUT2D eigenvalue weighted by Crippen LogP contribution is -2.43. The van der Waals surface area contributed by atoms with Crippen molar-refractivity contribution in [1.82, 2.24) is 9.88 Å². The zero-order valence-electron chi connectivity index (χ0n) is 15.5. The summed E-state index contributed by atoms with van der Waals surface area (Å²) in [6.07, 6.45) is 0.150. The number of carbonyl (C=O) groups excluding carboxylic acids is 1. The second-order valence-electron chi connectivity index (χ2n) is 6.40. The van der Waals surface area contributed by atoms with Crippen LogP contribution < -0.4 is 10.1 Å². The molecule has 0 saturated carbocycles. The van der Waals surface area contributed by atoms with Gasteiger partial charge in [0.25, 0.3) is 0 Å². The van der Waals surface area contributed by atoms with Gasteiger partial charge in [0.1, 0.15) is 11.9 Å². The van der Waals surface area contributed by atoms with Crippen molar-refractivity contribution < 1.29 is 14.3 Å². The molecular formula is C20H25N3O3. The molecule has 1 aliphatic heterocycles. The molecule has 2 aromatic rings. The fourth-order valence-electron chi connectivity index (χ4n) is 3.13. The molecule has 0 spiro atoms. The summed E-state index contributed by atoms with van der Waals surface area (Å²) in [5, 5.41) is 3.14. The zero-order valence-corrected chi connectivity index (χ0v) is 15.5. The van der Waals surface area contributed by atoms with Crippen LogP contribution in [0.1, 0.15) is 23.1 Å². The number of rotatable bonds is 5. The average molecular weight is 355 g/mol. The predicted octanol–water partition coefficient (Wildman–Crippen LogP) is 2.58. The maximum Gasteiger partial charge on any atom is 0.227 e. The predicted molar refractivity (Wildman–Crippen MR) is 100 cm³/mol. The Hall–Kier alpha value is -2.60. The number of hydrogen-bond donors (Lipinski definition) is 1. The highest BCUT2D eigenvalue weighted by molar-refractivity contribution is 5.79. The first-order valence-electron chi connectivity index (χ1n) is 8.77. The molecule has 138 valence electrons. The van der Waals surface area contributed by atoms with E-state index in [0.29, 0.717) is 26.1 Å². The standard InChI is InChI=1S/C20H25N3O3/c1-14-9-16(21-2)12-18(22-14)19-13-23(7-8-26-19)20(24)11-15-5-4-6-17(10-15)25-3/h4-6,9-10,12,19H,7-8,11,13H2,1-3H3,(H,21,22)/t19-/m1/s1. The van der Waals surface area contributed by atoms with Crippen molar-refractivity contribution >= 4 is 11.6 Å². The van der Waals surface area contributed by atoms with Crippen LogP contribution in [0.25, 0.3) is 0 Å². The van der Waals surface area contributed by atoms with Gasteiger partial charge in [-0.15, -0.1) is 0 Å². The highest BCUT2D eigenvalue weighted by Crippen LogP contribution is 2.24. The normalized spacial score (nSPS) is 17.0. The number of anilines is 1. The number of nitrogens with zero attached hydrogens (tertiary/aromatic N) is 2. The van der Waals surface area contributed by atoms with Crippen LogP contribution in [0.5, 0.6) is 5.75 Å². The summed E-state index contributed by atoms with van der Waals surface area (Å²) in [7, 11) is 3.51. The Morgan fingerprint density at radius 2 is 2.23 bits per heavy atom. The maximum absolute atomic E-state index is 12.7. The number of methoxy groups -OCH3 is 1. The van der Waals surface area contributed by atoms with Gasteiger partial charge in [0, 0.05) is 25.0 Å². The largest absolute Gasteiger partial charge is 0.497 e. The van der Waals surface area contributed by atoms with Crippen LogP contribution in [-0.2, 0) is 16.0 Å². The summed E-state index contributed by atoms with van der Waals surface area (Å²) < 4.78 is 11.1. The highest BCUT2D eigenvalue weighted by atomic mass is 16.5. The lowest BCUT2D eigenvalue weighted by molar-refractivity contribution is -0.138. The van der Waals surface area contributed by atoms with Gasteiger partial charge in [0.2, 0.25) is 5.91 Å². The molecule has 0 bridgehead atoms. The molecule has 26 heavy (non-hydrogen) atoms. The molecule has 0 unspecified atom stereocenters. The Morgan fingerprint density at radius 1 is 1.38 bits per heavy atom. The summed E-state index contributed by atoms with van der Waals surface area (Å²) in [5.74, 6) is 0.853. The van der Waals surface area contributed by atoms with Gasteiger partial charge in [0.05, 0.1) is 32.4 Å². The monoisotopic (exact) mass is 355 g/mol. The zero-order chi connectivity index (χ0) is 18.5. The van der Waals surface area contributed by atoms with Gasteiger partial charge in [-0.2, -0.15) is 0 Å². The topological polar surface area (TPSA) is 63.7 Å². The molecule has 1 aromatic carbocycles. The quantitative estimate of drug-likeness (QED) is 0.893. The average Bonchev–Trinajstić information content (AvgIpc) is 2.67. The molecule has 1 N–H and O–H groups in total. The number of pyridine rings is 1. The van der Waals surface area contributed by atoms with Crippen LogP contribution in [0.4, 0.5) is 5.69 Å². The number of aryl methyl sites for hydroxylation is 1. The molecular weight excluding hydrogens is 330 g/mol. The molecule has 6 heteroatoms. The fourth-order valence-corrected chi connectivity index (χ4v) is 3.13. The third-order valence-electron chi connectivity index (χ3n) is 4.50. The number of morpholine rings is 1. The van der Waals surface area contributed by atoms with Crippen LogP contribution in [0.15, 0.2) is 36.4 Å². The van der Waals surface area contributed by atoms with Crippen molar-refractivity contribution in [2.75, 3.05) is 39.2 Å². The van der Waals surface area contributed by atoms with E-state index in [4.69, 9.17) is 9.47 Å². The first-order valence-corrected chi connectivity index (χ1v) is 8.77. The van der Waals surface area contributed by atoms with Crippen molar-refractivity contribution in [2.45, 2.75) is 19.4 Å². The van der Waals surface area contributed by atoms with Crippen LogP contribution >= 0.6 is 0 Å². The lowest BCUT2D eigenvalue weighted by Gasteiger charge is -2.33. The number of nitrogens with one attached hydrogen (secondary N) is 1. The lowest BCUT2D eigenvalue weighted by atomic mass is 10.1. The van der Waals surface area contributed by atoms with Gasteiger partial charge in [-0.25, -0.2) is 0 Å². The van der Waals surface area contributed by atoms with Crippen molar-refractivity contribution in [1.29, 1.82) is 0 Å². The van der Waals surface area contributed by atoms with E-state index in [-0.39, 0.29) is 12.0 Å². The third kappa shape index (κ3) is 4.32. The van der Waals surface area contributed by atoms with E-state index >= 15 is 0 Å². The summed E-state index contributed by atoms with van der Waals surface area (Å²) in [4.78, 5) is 19.2. The Balaban J connectivity index is 1.69. The third-order valence-corrected chi connectivity index (χ3v) is 4.50. The van der Waals surface area contributed by atoms with E-state index in [0.717, 1.165) is 28.4 Å². The molecule has 6 nitrogen and oxygen atoms in total. The van der Waals surface area contributed by atoms with Crippen molar-refractivity contribution in [2.24, 2.45) is 0 Å². The van der Waals surface area contributed by atoms with E-state index in [9.17, 15) is 4.79 Å². The minimum atomic E-state index is -0.204. The van der Waals surface area contributed by atoms with Gasteiger partial charge in [-0.1, -0.05) is 12.1 Å². The second kappa shape index (κ2) is 8.19. The van der Waals surface area contributed by atoms with E-state index in [1.807, 2.05) is 55.3 Å². The molecule has 1 aliphatic rings. The number of ether oxygens (including phenoxy) is 2. The first-order chi connectivity index (χ1) is 12.6. The molecule has 1 atom stereocenters. The molecule has 1 fully saturated rings. The number of benzene rings is 1. The van der Waals surface area contributed by atoms with Crippen molar-refractivity contribution in [3.8, 4) is 5.75 Å². The Morgan fingerprint density at radius 3 is 3.00 bits per heavy atom. The Labute approximate surface area is 154 Å². The van der Waals surface area contributed by atoms with Crippen LogP contribution in [0.3, 0.4) is 0 Å². The van der Waals surface area contributed by atoms with Crippen LogP contribution in [-0.4, -0.2) is 49.6 Å². The van der Waals surface area contributed by atoms with Gasteiger partial charge in [-0.05, 0) is 36.8 Å². The number of hydrogen-bond acceptors (Lipinski definition) is 5. The van der Waals surface area contributed by atoms with E-state index in [2.05, 4.69) is 10.3 Å². The number of carbonyl (C=O) groups is 1. The number of amides is 1. The SMILES string of the molecule is CNc1cc(C)nc([C@H]2CN(C(=O)Cc3cccc(OC)c3)CCO2)c1. The van der Waals surface area contributed by atoms with Gasteiger partial charge >= 0.3 is 0 Å². The second-order valence-corrected chi connectivity index (χ2v) is 6.40. The van der Waals surface area contributed by atoms with Crippen molar-refractivity contribution in [3.63, 3.8) is 0 Å². The van der Waals surface area contributed by atoms with Crippen LogP contribution in [0, 0.1) is 6.92 Å². The maximum atomic E-state index is 12.7. The summed E-state index contributed by atoms with van der Waals surface area (Å²) in [5.41, 5.74) is 3.72. The molecule has 1 amide bonds. The summed E-state index contributed by atoms with van der Waals surface area (Å²) in [6.45, 7) is 3.59. The smallest absolute Gasteiger partial charge is 0.227 e. The molecule has 2 heterocycles. The van der Waals surface area contributed by atoms with Gasteiger partial charge in [-0.3, -0.25) is 9.78 Å². The Kier molecular flexibility index (Phi) is 5.73. The van der Waals surface area contributed by atoms with Gasteiger partial charge in [0.15, 0.2) is 0 Å². The molecule has 1 saturated heterocycles. The number of aromatic nitrogens is 1. The molecule has 0 aliphatic carbocycles. The minimum absolute atomic E-state index is 0.0908. The minimum Gasteiger partial charge on any atom is -0.497 e. The van der Waals surface area contributed by atoms with E-state index in [1.54, 1.807) is 7.11 Å². The first kappa shape index (κ1) is 18.2. The fraction of sp³-hybridized carbons (Fsp3) is 0.400. The van der Waals surface area contributed by atoms with Crippen LogP contribution in [0.2, 0.25) is 0 Å². The summed E-state index contributed by atoms with van der Waals surface area (Å²) in [6, 6.07) is 11.6. The van der Waals surface area contributed by atoms with Crippen molar-refractivity contribution in [3.05, 3.63) is 53.3 Å². The van der Waals surface area contributed by atoms with Gasteiger partial charge < -0.3 is 19.7 Å². The molecule has 1 aromatic heterocycles. The molecule has 3 rings (SSSR count). The Bertz CT molecular complexity index is 779. The summed E-state index contributed by atoms with van der Waals surface area (Å²) >= 11 is 0. The van der Waals surface area contributed by atoms with E-state index < -0.39 is 0 Å².